The van der Waals surface area contributed by atoms with Crippen LogP contribution in [0.15, 0.2) is 36.5 Å². The number of pyridine rings is 1. The Morgan fingerprint density at radius 1 is 1.22 bits per heavy atom. The molecule has 2 aromatic rings. The summed E-state index contributed by atoms with van der Waals surface area (Å²) < 4.78 is 0. The number of hydrogen-bond donors (Lipinski definition) is 0. The molecule has 0 amide bonds. The molecule has 1 aromatic heterocycles. The van der Waals surface area contributed by atoms with Gasteiger partial charge in [0.2, 0.25) is 0 Å². The number of Topliss-reactive ketones (excluding diaryl/α,β-unsaturated/α-hetero) is 2. The Labute approximate surface area is 144 Å². The lowest BCUT2D eigenvalue weighted by atomic mass is 9.81. The Morgan fingerprint density at radius 3 is 2.87 bits per heavy atom. The van der Waals surface area contributed by atoms with Gasteiger partial charge in [0, 0.05) is 25.0 Å². The van der Waals surface area contributed by atoms with E-state index in [1.165, 1.54) is 0 Å². The fourth-order valence-corrected chi connectivity index (χ4v) is 3.40. The van der Waals surface area contributed by atoms with E-state index < -0.39 is 0 Å². The van der Waals surface area contributed by atoms with Crippen molar-refractivity contribution in [2.75, 3.05) is 0 Å². The van der Waals surface area contributed by atoms with Gasteiger partial charge in [-0.1, -0.05) is 41.4 Å². The molecular formula is C18H15Cl2NO2. The largest absolute Gasteiger partial charge is 0.299 e. The monoisotopic (exact) mass is 347 g/mol. The summed E-state index contributed by atoms with van der Waals surface area (Å²) in [6.07, 6.45) is 3.43. The van der Waals surface area contributed by atoms with Crippen molar-refractivity contribution >= 4 is 34.8 Å². The second kappa shape index (κ2) is 6.81. The van der Waals surface area contributed by atoms with Gasteiger partial charge in [-0.25, -0.2) is 0 Å². The molecule has 23 heavy (non-hydrogen) atoms. The van der Waals surface area contributed by atoms with E-state index >= 15 is 0 Å². The quantitative estimate of drug-likeness (QED) is 0.808. The Bertz CT molecular complexity index is 773. The van der Waals surface area contributed by atoms with Gasteiger partial charge < -0.3 is 0 Å². The SMILES string of the molecule is O=C1CCC(C(=O)CCc2cccc(Cl)c2Cl)c2cccnc21. The smallest absolute Gasteiger partial charge is 0.181 e. The maximum Gasteiger partial charge on any atom is 0.181 e. The van der Waals surface area contributed by atoms with Crippen LogP contribution in [0.3, 0.4) is 0 Å². The highest BCUT2D eigenvalue weighted by atomic mass is 35.5. The number of hydrogen-bond acceptors (Lipinski definition) is 3. The molecule has 1 heterocycles. The number of aromatic nitrogens is 1. The molecule has 1 atom stereocenters. The third kappa shape index (κ3) is 3.31. The summed E-state index contributed by atoms with van der Waals surface area (Å²) in [7, 11) is 0. The second-order valence-electron chi connectivity index (χ2n) is 5.63. The standard InChI is InChI=1S/C18H15Cl2NO2/c19-14-5-1-3-11(17(14)20)6-8-15(22)12-7-9-16(23)18-13(12)4-2-10-21-18/h1-5,10,12H,6-9H2. The average molecular weight is 348 g/mol. The van der Waals surface area contributed by atoms with Gasteiger partial charge >= 0.3 is 0 Å². The Kier molecular flexibility index (Phi) is 4.79. The summed E-state index contributed by atoms with van der Waals surface area (Å²) in [4.78, 5) is 28.7. The summed E-state index contributed by atoms with van der Waals surface area (Å²) in [6.45, 7) is 0. The molecule has 0 saturated carbocycles. The van der Waals surface area contributed by atoms with Crippen molar-refractivity contribution in [2.24, 2.45) is 0 Å². The van der Waals surface area contributed by atoms with Crippen LogP contribution in [0.25, 0.3) is 0 Å². The molecule has 0 radical (unpaired) electrons. The molecule has 1 unspecified atom stereocenters. The van der Waals surface area contributed by atoms with Crippen LogP contribution in [0.4, 0.5) is 0 Å². The van der Waals surface area contributed by atoms with Crippen LogP contribution in [0.5, 0.6) is 0 Å². The van der Waals surface area contributed by atoms with E-state index in [-0.39, 0.29) is 17.5 Å². The highest BCUT2D eigenvalue weighted by molar-refractivity contribution is 6.42. The van der Waals surface area contributed by atoms with Crippen LogP contribution >= 0.6 is 23.2 Å². The molecule has 0 bridgehead atoms. The number of benzene rings is 1. The zero-order chi connectivity index (χ0) is 16.4. The number of rotatable bonds is 4. The Morgan fingerprint density at radius 2 is 2.04 bits per heavy atom. The van der Waals surface area contributed by atoms with Gasteiger partial charge in [0.25, 0.3) is 0 Å². The van der Waals surface area contributed by atoms with E-state index in [0.717, 1.165) is 11.1 Å². The van der Waals surface area contributed by atoms with Crippen LogP contribution < -0.4 is 0 Å². The molecule has 3 nitrogen and oxygen atoms in total. The van der Waals surface area contributed by atoms with E-state index in [1.807, 2.05) is 18.2 Å². The van der Waals surface area contributed by atoms with Crippen LogP contribution in [-0.2, 0) is 11.2 Å². The molecule has 1 aliphatic rings. The van der Waals surface area contributed by atoms with E-state index in [0.29, 0.717) is 41.4 Å². The summed E-state index contributed by atoms with van der Waals surface area (Å²) in [5.74, 6) is -0.125. The van der Waals surface area contributed by atoms with Crippen molar-refractivity contribution in [1.82, 2.24) is 4.98 Å². The minimum atomic E-state index is -0.255. The van der Waals surface area contributed by atoms with Gasteiger partial charge in [-0.3, -0.25) is 14.6 Å². The third-order valence-electron chi connectivity index (χ3n) is 4.20. The zero-order valence-corrected chi connectivity index (χ0v) is 13.9. The highest BCUT2D eigenvalue weighted by Gasteiger charge is 2.30. The summed E-state index contributed by atoms with van der Waals surface area (Å²) in [6, 6.07) is 9.03. The number of fused-ring (bicyclic) bond motifs is 1. The predicted molar refractivity (Wildman–Crippen MR) is 90.3 cm³/mol. The first-order chi connectivity index (χ1) is 11.1. The molecule has 0 N–H and O–H groups in total. The highest BCUT2D eigenvalue weighted by Crippen LogP contribution is 2.33. The summed E-state index contributed by atoms with van der Waals surface area (Å²) in [5, 5.41) is 0.997. The van der Waals surface area contributed by atoms with Gasteiger partial charge in [0.1, 0.15) is 11.5 Å². The topological polar surface area (TPSA) is 47.0 Å². The van der Waals surface area contributed by atoms with Gasteiger partial charge in [0.15, 0.2) is 5.78 Å². The number of carbonyl (C=O) groups excluding carboxylic acids is 2. The molecule has 0 spiro atoms. The lowest BCUT2D eigenvalue weighted by molar-refractivity contribution is -0.120. The van der Waals surface area contributed by atoms with Gasteiger partial charge in [-0.05, 0) is 36.1 Å². The first-order valence-electron chi connectivity index (χ1n) is 7.51. The Hall–Kier alpha value is -1.71. The van der Waals surface area contributed by atoms with E-state index in [9.17, 15) is 9.59 Å². The number of carbonyl (C=O) groups is 2. The van der Waals surface area contributed by atoms with Gasteiger partial charge in [-0.15, -0.1) is 0 Å². The number of ketones is 2. The molecule has 0 saturated heterocycles. The van der Waals surface area contributed by atoms with Crippen molar-refractivity contribution in [3.63, 3.8) is 0 Å². The van der Waals surface area contributed by atoms with Crippen molar-refractivity contribution in [3.8, 4) is 0 Å². The number of halogens is 2. The number of aryl methyl sites for hydroxylation is 1. The lowest BCUT2D eigenvalue weighted by Gasteiger charge is -2.22. The van der Waals surface area contributed by atoms with Gasteiger partial charge in [-0.2, -0.15) is 0 Å². The first kappa shape index (κ1) is 16.2. The van der Waals surface area contributed by atoms with Crippen LogP contribution in [0.1, 0.15) is 46.8 Å². The van der Waals surface area contributed by atoms with Crippen molar-refractivity contribution in [2.45, 2.75) is 31.6 Å². The maximum atomic E-state index is 12.6. The fourth-order valence-electron chi connectivity index (χ4n) is 2.99. The molecule has 1 aromatic carbocycles. The van der Waals surface area contributed by atoms with E-state index in [1.54, 1.807) is 18.3 Å². The summed E-state index contributed by atoms with van der Waals surface area (Å²) in [5.41, 5.74) is 2.06. The molecule has 5 heteroatoms. The molecule has 0 aliphatic heterocycles. The maximum absolute atomic E-state index is 12.6. The van der Waals surface area contributed by atoms with Crippen molar-refractivity contribution in [1.29, 1.82) is 0 Å². The lowest BCUT2D eigenvalue weighted by Crippen LogP contribution is -2.23. The van der Waals surface area contributed by atoms with Crippen LogP contribution in [0, 0.1) is 0 Å². The second-order valence-corrected chi connectivity index (χ2v) is 6.42. The summed E-state index contributed by atoms with van der Waals surface area (Å²) >= 11 is 12.2. The predicted octanol–water partition coefficient (Wildman–Crippen LogP) is 4.65. The minimum absolute atomic E-state index is 0.0162. The van der Waals surface area contributed by atoms with Crippen LogP contribution in [-0.4, -0.2) is 16.6 Å². The number of nitrogens with zero attached hydrogens (tertiary/aromatic N) is 1. The van der Waals surface area contributed by atoms with Crippen molar-refractivity contribution < 1.29 is 9.59 Å². The molecule has 118 valence electrons. The zero-order valence-electron chi connectivity index (χ0n) is 12.4. The molecule has 3 rings (SSSR count). The van der Waals surface area contributed by atoms with Gasteiger partial charge in [0.05, 0.1) is 10.0 Å². The molecular weight excluding hydrogens is 333 g/mol. The van der Waals surface area contributed by atoms with Crippen LogP contribution in [0.2, 0.25) is 10.0 Å². The Balaban J connectivity index is 1.76. The van der Waals surface area contributed by atoms with E-state index in [2.05, 4.69) is 4.98 Å². The average Bonchev–Trinajstić information content (AvgIpc) is 2.56. The molecule has 0 fully saturated rings. The first-order valence-corrected chi connectivity index (χ1v) is 8.27. The van der Waals surface area contributed by atoms with Crippen molar-refractivity contribution in [3.05, 3.63) is 63.4 Å². The minimum Gasteiger partial charge on any atom is -0.299 e. The van der Waals surface area contributed by atoms with E-state index in [4.69, 9.17) is 23.2 Å². The molecule has 1 aliphatic carbocycles. The normalized spacial score (nSPS) is 17.0. The fraction of sp³-hybridized carbons (Fsp3) is 0.278. The third-order valence-corrected chi connectivity index (χ3v) is 5.06.